The zero-order chi connectivity index (χ0) is 21.9. The highest BCUT2D eigenvalue weighted by atomic mass is 32.2. The van der Waals surface area contributed by atoms with Crippen molar-refractivity contribution in [2.45, 2.75) is 25.8 Å². The second kappa shape index (κ2) is 8.92. The van der Waals surface area contributed by atoms with Crippen molar-refractivity contribution in [2.75, 3.05) is 36.0 Å². The number of sulfonamides is 1. The summed E-state index contributed by atoms with van der Waals surface area (Å²) in [6, 6.07) is 3.29. The van der Waals surface area contributed by atoms with Gasteiger partial charge in [0.2, 0.25) is 21.8 Å². The number of nitrogens with one attached hydrogen (secondary N) is 1. The number of aromatic nitrogens is 2. The molecule has 2 heterocycles. The van der Waals surface area contributed by atoms with Gasteiger partial charge in [0.25, 0.3) is 0 Å². The number of rotatable bonds is 7. The van der Waals surface area contributed by atoms with E-state index in [2.05, 4.69) is 15.3 Å². The van der Waals surface area contributed by atoms with Crippen LogP contribution in [0.2, 0.25) is 0 Å². The number of hydrogen-bond acceptors (Lipinski definition) is 8. The number of hydrogen-bond donors (Lipinski definition) is 2. The van der Waals surface area contributed by atoms with Crippen LogP contribution in [0.25, 0.3) is 0 Å². The zero-order valence-electron chi connectivity index (χ0n) is 16.8. The number of nitrogens with two attached hydrogens (primary N) is 1. The monoisotopic (exact) mass is 437 g/mol. The third kappa shape index (κ3) is 4.68. The van der Waals surface area contributed by atoms with Gasteiger partial charge in [-0.15, -0.1) is 0 Å². The summed E-state index contributed by atoms with van der Waals surface area (Å²) in [6.45, 7) is 3.37. The maximum absolute atomic E-state index is 13.7. The number of nitrogen functional groups attached to an aromatic ring is 1. The highest BCUT2D eigenvalue weighted by Crippen LogP contribution is 2.27. The summed E-state index contributed by atoms with van der Waals surface area (Å²) in [6.07, 6.45) is 3.44. The lowest BCUT2D eigenvalue weighted by Crippen LogP contribution is -2.46. The van der Waals surface area contributed by atoms with E-state index in [4.69, 9.17) is 10.5 Å². The number of nitrogens with zero attached hydrogens (tertiary/aromatic N) is 3. The van der Waals surface area contributed by atoms with Crippen molar-refractivity contribution < 1.29 is 22.3 Å². The van der Waals surface area contributed by atoms with Crippen molar-refractivity contribution in [3.05, 3.63) is 41.3 Å². The fourth-order valence-corrected chi connectivity index (χ4v) is 4.53. The van der Waals surface area contributed by atoms with Gasteiger partial charge >= 0.3 is 0 Å². The van der Waals surface area contributed by atoms with E-state index >= 15 is 0 Å². The summed E-state index contributed by atoms with van der Waals surface area (Å²) in [5.41, 5.74) is 5.91. The van der Waals surface area contributed by atoms with Crippen LogP contribution in [0.15, 0.2) is 24.4 Å². The predicted molar refractivity (Wildman–Crippen MR) is 111 cm³/mol. The van der Waals surface area contributed by atoms with Crippen molar-refractivity contribution in [3.63, 3.8) is 0 Å². The molecule has 3 rings (SSSR count). The molecule has 0 amide bonds. The van der Waals surface area contributed by atoms with E-state index in [9.17, 15) is 17.6 Å². The first-order valence-corrected chi connectivity index (χ1v) is 11.4. The summed E-state index contributed by atoms with van der Waals surface area (Å²) in [5, 5.41) is 3.17. The number of benzene rings is 1. The fraction of sp³-hybridized carbons (Fsp3) is 0.421. The standard InChI is InChI=1S/C19H24FN5O4S/c1-3-29-16-5-4-12(20)10-14(16)17(26)15-11-23-19(24-18(15)21)25(30(2,27)28)13-6-8-22-9-7-13/h4-5,10-11,13,22H,3,6-9H2,1-2H3,(H2,21,23,24). The van der Waals surface area contributed by atoms with Gasteiger partial charge < -0.3 is 15.8 Å². The van der Waals surface area contributed by atoms with Gasteiger partial charge in [-0.1, -0.05) is 0 Å². The highest BCUT2D eigenvalue weighted by molar-refractivity contribution is 7.92. The summed E-state index contributed by atoms with van der Waals surface area (Å²) >= 11 is 0. The average Bonchev–Trinajstić information content (AvgIpc) is 2.69. The van der Waals surface area contributed by atoms with Crippen molar-refractivity contribution in [3.8, 4) is 5.75 Å². The summed E-state index contributed by atoms with van der Waals surface area (Å²) in [5.74, 6) is -1.30. The minimum Gasteiger partial charge on any atom is -0.493 e. The minimum absolute atomic E-state index is 0.0155. The Morgan fingerprint density at radius 3 is 2.63 bits per heavy atom. The Labute approximate surface area is 174 Å². The molecular formula is C19H24FN5O4S. The average molecular weight is 437 g/mol. The van der Waals surface area contributed by atoms with E-state index in [1.165, 1.54) is 18.3 Å². The molecule has 30 heavy (non-hydrogen) atoms. The molecule has 3 N–H and O–H groups in total. The van der Waals surface area contributed by atoms with Gasteiger partial charge in [-0.2, -0.15) is 4.98 Å². The first-order chi connectivity index (χ1) is 14.2. The Bertz CT molecular complexity index is 1040. The molecule has 0 atom stereocenters. The van der Waals surface area contributed by atoms with Crippen LogP contribution in [0.1, 0.15) is 35.7 Å². The SMILES string of the molecule is CCOc1ccc(F)cc1C(=O)c1cnc(N(C2CCNCC2)S(C)(=O)=O)nc1N. The van der Waals surface area contributed by atoms with Crippen molar-refractivity contribution in [2.24, 2.45) is 0 Å². The molecule has 1 saturated heterocycles. The Morgan fingerprint density at radius 2 is 2.03 bits per heavy atom. The van der Waals surface area contributed by atoms with Crippen LogP contribution in [-0.4, -0.2) is 56.2 Å². The van der Waals surface area contributed by atoms with Gasteiger partial charge in [-0.3, -0.25) is 4.79 Å². The lowest BCUT2D eigenvalue weighted by Gasteiger charge is -2.32. The molecule has 0 bridgehead atoms. The number of carbonyl (C=O) groups excluding carboxylic acids is 1. The summed E-state index contributed by atoms with van der Waals surface area (Å²) < 4.78 is 45.1. The fourth-order valence-electron chi connectivity index (χ4n) is 3.40. The van der Waals surface area contributed by atoms with Crippen LogP contribution in [0.5, 0.6) is 5.75 Å². The molecule has 1 aliphatic heterocycles. The van der Waals surface area contributed by atoms with Gasteiger partial charge in [-0.25, -0.2) is 22.1 Å². The van der Waals surface area contributed by atoms with Crippen LogP contribution in [-0.2, 0) is 10.0 Å². The molecule has 11 heteroatoms. The van der Waals surface area contributed by atoms with E-state index in [0.29, 0.717) is 25.9 Å². The summed E-state index contributed by atoms with van der Waals surface area (Å²) in [7, 11) is -3.67. The quantitative estimate of drug-likeness (QED) is 0.622. The van der Waals surface area contributed by atoms with Gasteiger partial charge in [0.05, 0.1) is 30.0 Å². The first kappa shape index (κ1) is 21.9. The lowest BCUT2D eigenvalue weighted by atomic mass is 10.0. The normalized spacial score (nSPS) is 15.0. The lowest BCUT2D eigenvalue weighted by molar-refractivity contribution is 0.103. The number of anilines is 2. The molecule has 0 unspecified atom stereocenters. The molecule has 0 saturated carbocycles. The number of ketones is 1. The molecule has 2 aromatic rings. The number of halogens is 1. The second-order valence-electron chi connectivity index (χ2n) is 6.91. The van der Waals surface area contributed by atoms with Crippen LogP contribution < -0.4 is 20.1 Å². The molecule has 1 fully saturated rings. The largest absolute Gasteiger partial charge is 0.493 e. The molecule has 0 radical (unpaired) electrons. The van der Waals surface area contributed by atoms with Gasteiger partial charge in [0.1, 0.15) is 17.4 Å². The number of carbonyl (C=O) groups is 1. The maximum Gasteiger partial charge on any atom is 0.241 e. The van der Waals surface area contributed by atoms with Crippen molar-refractivity contribution in [1.82, 2.24) is 15.3 Å². The molecule has 0 spiro atoms. The Kier molecular flexibility index (Phi) is 6.52. The van der Waals surface area contributed by atoms with Crippen molar-refractivity contribution in [1.29, 1.82) is 0 Å². The Balaban J connectivity index is 1.98. The first-order valence-electron chi connectivity index (χ1n) is 9.52. The van der Waals surface area contributed by atoms with E-state index in [-0.39, 0.29) is 41.3 Å². The smallest absolute Gasteiger partial charge is 0.241 e. The van der Waals surface area contributed by atoms with Crippen LogP contribution in [0.3, 0.4) is 0 Å². The van der Waals surface area contributed by atoms with Crippen LogP contribution in [0.4, 0.5) is 16.2 Å². The number of ether oxygens (including phenoxy) is 1. The minimum atomic E-state index is -3.67. The topological polar surface area (TPSA) is 128 Å². The van der Waals surface area contributed by atoms with Crippen LogP contribution >= 0.6 is 0 Å². The molecule has 1 aliphatic rings. The maximum atomic E-state index is 13.7. The van der Waals surface area contributed by atoms with E-state index in [0.717, 1.165) is 16.6 Å². The zero-order valence-corrected chi connectivity index (χ0v) is 17.6. The molecule has 162 valence electrons. The van der Waals surface area contributed by atoms with Gasteiger partial charge in [-0.05, 0) is 51.1 Å². The second-order valence-corrected chi connectivity index (χ2v) is 8.77. The molecular weight excluding hydrogens is 413 g/mol. The summed E-state index contributed by atoms with van der Waals surface area (Å²) in [4.78, 5) is 21.2. The molecule has 0 aliphatic carbocycles. The van der Waals surface area contributed by atoms with Gasteiger partial charge in [0, 0.05) is 6.20 Å². The van der Waals surface area contributed by atoms with Crippen LogP contribution in [0, 0.1) is 5.82 Å². The Morgan fingerprint density at radius 1 is 1.33 bits per heavy atom. The molecule has 9 nitrogen and oxygen atoms in total. The van der Waals surface area contributed by atoms with Crippen molar-refractivity contribution >= 4 is 27.6 Å². The number of piperidine rings is 1. The van der Waals surface area contributed by atoms with E-state index in [1.807, 2.05) is 0 Å². The Hall–Kier alpha value is -2.79. The molecule has 1 aromatic heterocycles. The predicted octanol–water partition coefficient (Wildman–Crippen LogP) is 1.35. The van der Waals surface area contributed by atoms with Gasteiger partial charge in [0.15, 0.2) is 0 Å². The van der Waals surface area contributed by atoms with E-state index in [1.54, 1.807) is 6.92 Å². The molecule has 1 aromatic carbocycles. The third-order valence-corrected chi connectivity index (χ3v) is 5.91. The highest BCUT2D eigenvalue weighted by Gasteiger charge is 2.31. The van der Waals surface area contributed by atoms with E-state index < -0.39 is 21.6 Å². The third-order valence-electron chi connectivity index (χ3n) is 4.73.